The molecule has 0 saturated carbocycles. The van der Waals surface area contributed by atoms with Crippen molar-refractivity contribution < 1.29 is 18.9 Å². The molecule has 0 bridgehead atoms. The fourth-order valence-corrected chi connectivity index (χ4v) is 4.96. The lowest BCUT2D eigenvalue weighted by molar-refractivity contribution is 0.355. The molecule has 1 aromatic heterocycles. The summed E-state index contributed by atoms with van der Waals surface area (Å²) < 4.78 is 25.2. The average molecular weight is 561 g/mol. The van der Waals surface area contributed by atoms with Crippen molar-refractivity contribution >= 4 is 54.9 Å². The lowest BCUT2D eigenvalue weighted by atomic mass is 9.94. The summed E-state index contributed by atoms with van der Waals surface area (Å²) in [6.45, 7) is 0.699. The van der Waals surface area contributed by atoms with Gasteiger partial charge in [0.2, 0.25) is 0 Å². The molecule has 0 aliphatic heterocycles. The zero-order valence-corrected chi connectivity index (χ0v) is 21.5. The summed E-state index contributed by atoms with van der Waals surface area (Å²) in [5.41, 5.74) is -0.00382. The highest BCUT2D eigenvalue weighted by atomic mass is 127. The van der Waals surface area contributed by atoms with Crippen molar-refractivity contribution in [1.82, 2.24) is 4.57 Å². The number of hydrogen-bond acceptors (Lipinski definition) is 5. The second-order valence-corrected chi connectivity index (χ2v) is 8.94. The summed E-state index contributed by atoms with van der Waals surface area (Å²) in [6, 6.07) is 9.75. The van der Waals surface area contributed by atoms with Gasteiger partial charge in [-0.3, -0.25) is 4.79 Å². The minimum atomic E-state index is -0.00382. The molecule has 7 heteroatoms. The van der Waals surface area contributed by atoms with E-state index in [1.54, 1.807) is 28.4 Å². The monoisotopic (exact) mass is 561 g/mol. The van der Waals surface area contributed by atoms with Gasteiger partial charge in [0.05, 0.1) is 33.8 Å². The molecule has 0 unspecified atom stereocenters. The van der Waals surface area contributed by atoms with Crippen LogP contribution < -0.4 is 24.5 Å². The predicted octanol–water partition coefficient (Wildman–Crippen LogP) is 5.95. The third kappa shape index (κ3) is 4.18. The van der Waals surface area contributed by atoms with E-state index in [9.17, 15) is 4.79 Å². The van der Waals surface area contributed by atoms with Gasteiger partial charge in [-0.2, -0.15) is 0 Å². The molecule has 174 valence electrons. The molecular weight excluding hydrogens is 533 g/mol. The summed E-state index contributed by atoms with van der Waals surface area (Å²) in [4.78, 5) is 13.7. The second-order valence-electron chi connectivity index (χ2n) is 7.86. The van der Waals surface area contributed by atoms with Crippen LogP contribution in [0, 0.1) is 0 Å². The van der Waals surface area contributed by atoms with E-state index in [0.29, 0.717) is 34.9 Å². The first-order valence-corrected chi connectivity index (χ1v) is 12.4. The normalized spacial score (nSPS) is 11.3. The van der Waals surface area contributed by atoms with Gasteiger partial charge >= 0.3 is 0 Å². The number of aromatic nitrogens is 1. The van der Waals surface area contributed by atoms with Crippen LogP contribution in [0.4, 0.5) is 0 Å². The van der Waals surface area contributed by atoms with Crippen LogP contribution in [-0.4, -0.2) is 37.4 Å². The van der Waals surface area contributed by atoms with Crippen molar-refractivity contribution in [2.24, 2.45) is 0 Å². The Labute approximate surface area is 206 Å². The number of hydrogen-bond donors (Lipinski definition) is 0. The number of ether oxygens (including phenoxy) is 4. The molecule has 0 radical (unpaired) electrons. The molecule has 0 aliphatic rings. The third-order valence-corrected chi connectivity index (χ3v) is 6.86. The van der Waals surface area contributed by atoms with Gasteiger partial charge in [-0.15, -0.1) is 0 Å². The maximum absolute atomic E-state index is 13.7. The van der Waals surface area contributed by atoms with E-state index in [0.717, 1.165) is 50.6 Å². The van der Waals surface area contributed by atoms with E-state index in [2.05, 4.69) is 22.6 Å². The molecule has 0 N–H and O–H groups in total. The number of alkyl halides is 1. The summed E-state index contributed by atoms with van der Waals surface area (Å²) >= 11 is 2.39. The molecule has 6 nitrogen and oxygen atoms in total. The van der Waals surface area contributed by atoms with Crippen LogP contribution in [-0.2, 0) is 6.54 Å². The molecule has 4 aromatic rings. The zero-order valence-electron chi connectivity index (χ0n) is 19.4. The Bertz CT molecular complexity index is 1380. The van der Waals surface area contributed by atoms with Gasteiger partial charge in [0, 0.05) is 12.7 Å². The molecule has 0 saturated heterocycles. The summed E-state index contributed by atoms with van der Waals surface area (Å²) in [5, 5.41) is 5.15. The number of fused-ring (bicyclic) bond motifs is 6. The molecule has 0 fully saturated rings. The van der Waals surface area contributed by atoms with Gasteiger partial charge in [-0.25, -0.2) is 0 Å². The number of methoxy groups -OCH3 is 4. The molecule has 0 spiro atoms. The lowest BCUT2D eigenvalue weighted by Crippen LogP contribution is -2.20. The van der Waals surface area contributed by atoms with E-state index >= 15 is 0 Å². The third-order valence-electron chi connectivity index (χ3n) is 6.09. The Balaban J connectivity index is 2.11. The fourth-order valence-electron chi connectivity index (χ4n) is 4.42. The van der Waals surface area contributed by atoms with Gasteiger partial charge in [-0.1, -0.05) is 29.0 Å². The topological polar surface area (TPSA) is 58.9 Å². The Morgan fingerprint density at radius 3 is 1.70 bits per heavy atom. The first-order valence-electron chi connectivity index (χ1n) is 10.9. The number of nitrogens with zero attached hydrogens (tertiary/aromatic N) is 1. The highest BCUT2D eigenvalue weighted by molar-refractivity contribution is 14.1. The molecule has 4 rings (SSSR count). The molecule has 0 amide bonds. The minimum Gasteiger partial charge on any atom is -0.493 e. The van der Waals surface area contributed by atoms with E-state index < -0.39 is 0 Å². The number of benzene rings is 3. The van der Waals surface area contributed by atoms with E-state index in [-0.39, 0.29) is 5.56 Å². The van der Waals surface area contributed by atoms with Crippen LogP contribution in [0.25, 0.3) is 32.3 Å². The molecule has 0 aliphatic carbocycles. The Morgan fingerprint density at radius 2 is 1.18 bits per heavy atom. The van der Waals surface area contributed by atoms with Gasteiger partial charge in [0.15, 0.2) is 23.0 Å². The maximum atomic E-state index is 13.7. The van der Waals surface area contributed by atoms with Gasteiger partial charge in [-0.05, 0) is 74.5 Å². The van der Waals surface area contributed by atoms with E-state index in [1.807, 2.05) is 41.1 Å². The summed E-state index contributed by atoms with van der Waals surface area (Å²) in [5.74, 6) is 2.44. The number of aryl methyl sites for hydroxylation is 1. The van der Waals surface area contributed by atoms with E-state index in [4.69, 9.17) is 18.9 Å². The van der Waals surface area contributed by atoms with Crippen LogP contribution >= 0.6 is 22.6 Å². The van der Waals surface area contributed by atoms with Gasteiger partial charge < -0.3 is 23.5 Å². The van der Waals surface area contributed by atoms with Crippen LogP contribution in [0.15, 0.2) is 41.3 Å². The van der Waals surface area contributed by atoms with Crippen molar-refractivity contribution in [3.8, 4) is 23.0 Å². The highest BCUT2D eigenvalue weighted by Gasteiger charge is 2.18. The Hall–Kier alpha value is -2.68. The summed E-state index contributed by atoms with van der Waals surface area (Å²) in [7, 11) is 6.45. The standard InChI is InChI=1S/C26H28INO5/c1-30-21-12-17-16-8-11-28(10-7-5-6-9-27)26(29)25(16)20-15-24(33-4)23(32-3)14-19(20)18(17)13-22(21)31-2/h8,11-15H,5-7,9-10H2,1-4H3. The maximum Gasteiger partial charge on any atom is 0.259 e. The van der Waals surface area contributed by atoms with Crippen molar-refractivity contribution in [2.45, 2.75) is 25.8 Å². The fraction of sp³-hybridized carbons (Fsp3) is 0.346. The molecule has 3 aromatic carbocycles. The van der Waals surface area contributed by atoms with Crippen LogP contribution in [0.1, 0.15) is 19.3 Å². The lowest BCUT2D eigenvalue weighted by Gasteiger charge is -2.17. The average Bonchev–Trinajstić information content (AvgIpc) is 2.85. The van der Waals surface area contributed by atoms with Crippen molar-refractivity contribution in [3.63, 3.8) is 0 Å². The Morgan fingerprint density at radius 1 is 0.697 bits per heavy atom. The van der Waals surface area contributed by atoms with Gasteiger partial charge in [0.1, 0.15) is 0 Å². The van der Waals surface area contributed by atoms with Crippen molar-refractivity contribution in [2.75, 3.05) is 32.9 Å². The smallest absolute Gasteiger partial charge is 0.259 e. The largest absolute Gasteiger partial charge is 0.493 e. The minimum absolute atomic E-state index is 0.00382. The number of unbranched alkanes of at least 4 members (excludes halogenated alkanes) is 2. The Kier molecular flexibility index (Phi) is 7.17. The number of pyridine rings is 1. The second kappa shape index (κ2) is 10.1. The van der Waals surface area contributed by atoms with Crippen LogP contribution in [0.5, 0.6) is 23.0 Å². The highest BCUT2D eigenvalue weighted by Crippen LogP contribution is 2.43. The van der Waals surface area contributed by atoms with Crippen molar-refractivity contribution in [3.05, 3.63) is 46.9 Å². The van der Waals surface area contributed by atoms with Crippen molar-refractivity contribution in [1.29, 1.82) is 0 Å². The summed E-state index contributed by atoms with van der Waals surface area (Å²) in [6.07, 6.45) is 5.14. The molecule has 0 atom stereocenters. The number of halogens is 1. The first-order chi connectivity index (χ1) is 16.1. The molecule has 1 heterocycles. The number of rotatable bonds is 9. The van der Waals surface area contributed by atoms with E-state index in [1.165, 1.54) is 0 Å². The first kappa shape index (κ1) is 23.5. The molecular formula is C26H28INO5. The SMILES string of the molecule is COc1cc2c(cc1OC)c1ccn(CCCCCI)c(=O)c1c1cc(OC)c(OC)cc21. The predicted molar refractivity (Wildman–Crippen MR) is 142 cm³/mol. The van der Waals surface area contributed by atoms with Crippen LogP contribution in [0.3, 0.4) is 0 Å². The van der Waals surface area contributed by atoms with Crippen LogP contribution in [0.2, 0.25) is 0 Å². The van der Waals surface area contributed by atoms with Gasteiger partial charge in [0.25, 0.3) is 5.56 Å². The zero-order chi connectivity index (χ0) is 23.5. The molecule has 33 heavy (non-hydrogen) atoms. The quantitative estimate of drug-likeness (QED) is 0.110.